The summed E-state index contributed by atoms with van der Waals surface area (Å²) in [6, 6.07) is 11.2. The number of amides is 1. The fraction of sp³-hybridized carbons (Fsp3) is 0.263. The summed E-state index contributed by atoms with van der Waals surface area (Å²) in [6.45, 7) is 2.84. The lowest BCUT2D eigenvalue weighted by Crippen LogP contribution is -2.29. The van der Waals surface area contributed by atoms with Crippen LogP contribution in [0.25, 0.3) is 5.65 Å². The molecule has 1 aromatic carbocycles. The highest BCUT2D eigenvalue weighted by Crippen LogP contribution is 2.18. The minimum Gasteiger partial charge on any atom is -0.492 e. The first kappa shape index (κ1) is 18.7. The Kier molecular flexibility index (Phi) is 6.16. The van der Waals surface area contributed by atoms with Crippen LogP contribution in [0.15, 0.2) is 47.1 Å². The normalized spacial score (nSPS) is 10.9. The SMILES string of the molecule is CCCc1nc2ccc(Cl)cn2c1C(=O)NCCOc1ccc(Br)cc1. The summed E-state index contributed by atoms with van der Waals surface area (Å²) in [7, 11) is 0. The van der Waals surface area contributed by atoms with Gasteiger partial charge in [0.15, 0.2) is 0 Å². The van der Waals surface area contributed by atoms with Crippen molar-refractivity contribution < 1.29 is 9.53 Å². The molecule has 0 fully saturated rings. The number of aromatic nitrogens is 2. The third-order valence-corrected chi connectivity index (χ3v) is 4.58. The molecular formula is C19H19BrClN3O2. The van der Waals surface area contributed by atoms with E-state index in [9.17, 15) is 4.79 Å². The van der Waals surface area contributed by atoms with E-state index in [1.54, 1.807) is 16.7 Å². The number of hydrogen-bond donors (Lipinski definition) is 1. The second-order valence-corrected chi connectivity index (χ2v) is 7.14. The Labute approximate surface area is 165 Å². The standard InChI is InChI=1S/C19H19BrClN3O2/c1-2-3-16-18(24-12-14(21)6-9-17(24)23-16)19(25)22-10-11-26-15-7-4-13(20)5-8-15/h4-9,12H,2-3,10-11H2,1H3,(H,22,25). The Morgan fingerprint density at radius 3 is 2.77 bits per heavy atom. The maximum absolute atomic E-state index is 12.7. The number of carbonyl (C=O) groups excluding carboxylic acids is 1. The number of carbonyl (C=O) groups is 1. The molecule has 5 nitrogen and oxygen atoms in total. The smallest absolute Gasteiger partial charge is 0.270 e. The van der Waals surface area contributed by atoms with Crippen LogP contribution in [0.2, 0.25) is 5.02 Å². The number of imidazole rings is 1. The number of hydrogen-bond acceptors (Lipinski definition) is 3. The summed E-state index contributed by atoms with van der Waals surface area (Å²) < 4.78 is 8.38. The van der Waals surface area contributed by atoms with E-state index in [0.29, 0.717) is 29.5 Å². The zero-order chi connectivity index (χ0) is 18.5. The molecule has 1 N–H and O–H groups in total. The van der Waals surface area contributed by atoms with Crippen molar-refractivity contribution in [1.29, 1.82) is 0 Å². The van der Waals surface area contributed by atoms with Crippen LogP contribution in [0.4, 0.5) is 0 Å². The number of rotatable bonds is 7. The Bertz CT molecular complexity index is 909. The van der Waals surface area contributed by atoms with Crippen molar-refractivity contribution in [2.75, 3.05) is 13.2 Å². The highest BCUT2D eigenvalue weighted by atomic mass is 79.9. The first-order valence-electron chi connectivity index (χ1n) is 8.41. The fourth-order valence-electron chi connectivity index (χ4n) is 2.67. The van der Waals surface area contributed by atoms with Crippen molar-refractivity contribution >= 4 is 39.1 Å². The molecule has 0 atom stereocenters. The number of nitrogens with one attached hydrogen (secondary N) is 1. The molecule has 2 aromatic heterocycles. The highest BCUT2D eigenvalue weighted by molar-refractivity contribution is 9.10. The van der Waals surface area contributed by atoms with Crippen molar-refractivity contribution in [1.82, 2.24) is 14.7 Å². The van der Waals surface area contributed by atoms with E-state index < -0.39 is 0 Å². The van der Waals surface area contributed by atoms with E-state index >= 15 is 0 Å². The second-order valence-electron chi connectivity index (χ2n) is 5.79. The molecule has 0 saturated heterocycles. The molecule has 0 bridgehead atoms. The minimum atomic E-state index is -0.178. The lowest BCUT2D eigenvalue weighted by Gasteiger charge is -2.09. The van der Waals surface area contributed by atoms with Crippen molar-refractivity contribution in [2.45, 2.75) is 19.8 Å². The average Bonchev–Trinajstić information content (AvgIpc) is 2.97. The van der Waals surface area contributed by atoms with Crippen LogP contribution >= 0.6 is 27.5 Å². The number of fused-ring (bicyclic) bond motifs is 1. The third kappa shape index (κ3) is 4.37. The van der Waals surface area contributed by atoms with Gasteiger partial charge in [-0.3, -0.25) is 9.20 Å². The van der Waals surface area contributed by atoms with E-state index in [0.717, 1.165) is 28.8 Å². The number of benzene rings is 1. The Morgan fingerprint density at radius 2 is 2.04 bits per heavy atom. The Hall–Kier alpha value is -2.05. The van der Waals surface area contributed by atoms with Crippen molar-refractivity contribution in [3.8, 4) is 5.75 Å². The molecule has 2 heterocycles. The maximum atomic E-state index is 12.7. The lowest BCUT2D eigenvalue weighted by atomic mass is 10.2. The van der Waals surface area contributed by atoms with Crippen LogP contribution in [0.1, 0.15) is 29.5 Å². The number of pyridine rings is 1. The zero-order valence-electron chi connectivity index (χ0n) is 14.3. The summed E-state index contributed by atoms with van der Waals surface area (Å²) >= 11 is 9.47. The molecule has 136 valence electrons. The number of aryl methyl sites for hydroxylation is 1. The first-order chi connectivity index (χ1) is 12.6. The van der Waals surface area contributed by atoms with Crippen LogP contribution in [-0.2, 0) is 6.42 Å². The summed E-state index contributed by atoms with van der Waals surface area (Å²) in [5.74, 6) is 0.582. The van der Waals surface area contributed by atoms with Gasteiger partial charge in [0.2, 0.25) is 0 Å². The summed E-state index contributed by atoms with van der Waals surface area (Å²) in [5, 5.41) is 3.46. The van der Waals surface area contributed by atoms with Crippen LogP contribution < -0.4 is 10.1 Å². The van der Waals surface area contributed by atoms with Crippen LogP contribution in [0.5, 0.6) is 5.75 Å². The molecule has 0 saturated carbocycles. The molecule has 3 rings (SSSR count). The molecule has 0 aliphatic carbocycles. The quantitative estimate of drug-likeness (QED) is 0.554. The molecule has 7 heteroatoms. The summed E-state index contributed by atoms with van der Waals surface area (Å²) in [4.78, 5) is 17.3. The minimum absolute atomic E-state index is 0.178. The highest BCUT2D eigenvalue weighted by Gasteiger charge is 2.18. The van der Waals surface area contributed by atoms with Crippen LogP contribution in [0, 0.1) is 0 Å². The van der Waals surface area contributed by atoms with Gasteiger partial charge in [-0.05, 0) is 42.8 Å². The largest absolute Gasteiger partial charge is 0.492 e. The number of nitrogens with zero attached hydrogens (tertiary/aromatic N) is 2. The van der Waals surface area contributed by atoms with Crippen molar-refractivity contribution in [2.24, 2.45) is 0 Å². The van der Waals surface area contributed by atoms with E-state index in [2.05, 4.69) is 33.2 Å². The van der Waals surface area contributed by atoms with Crippen molar-refractivity contribution in [3.63, 3.8) is 0 Å². The lowest BCUT2D eigenvalue weighted by molar-refractivity contribution is 0.0940. The van der Waals surface area contributed by atoms with E-state index in [1.165, 1.54) is 0 Å². The van der Waals surface area contributed by atoms with Gasteiger partial charge >= 0.3 is 0 Å². The predicted octanol–water partition coefficient (Wildman–Crippen LogP) is 4.51. The van der Waals surface area contributed by atoms with Gasteiger partial charge in [0.25, 0.3) is 5.91 Å². The molecular weight excluding hydrogens is 418 g/mol. The number of halogens is 2. The Morgan fingerprint density at radius 1 is 1.27 bits per heavy atom. The fourth-order valence-corrected chi connectivity index (χ4v) is 3.09. The monoisotopic (exact) mass is 435 g/mol. The molecule has 0 spiro atoms. The van der Waals surface area contributed by atoms with Gasteiger partial charge in [-0.25, -0.2) is 4.98 Å². The van der Waals surface area contributed by atoms with Gasteiger partial charge in [-0.1, -0.05) is 40.9 Å². The zero-order valence-corrected chi connectivity index (χ0v) is 16.7. The molecule has 3 aromatic rings. The average molecular weight is 437 g/mol. The van der Waals surface area contributed by atoms with Crippen LogP contribution in [-0.4, -0.2) is 28.4 Å². The van der Waals surface area contributed by atoms with Gasteiger partial charge in [0.1, 0.15) is 23.7 Å². The van der Waals surface area contributed by atoms with Gasteiger partial charge in [-0.15, -0.1) is 0 Å². The summed E-state index contributed by atoms with van der Waals surface area (Å²) in [6.07, 6.45) is 3.36. The number of ether oxygens (including phenoxy) is 1. The molecule has 26 heavy (non-hydrogen) atoms. The molecule has 0 unspecified atom stereocenters. The van der Waals surface area contributed by atoms with Gasteiger partial charge < -0.3 is 10.1 Å². The molecule has 1 amide bonds. The predicted molar refractivity (Wildman–Crippen MR) is 106 cm³/mol. The van der Waals surface area contributed by atoms with Gasteiger partial charge in [0, 0.05) is 10.7 Å². The van der Waals surface area contributed by atoms with E-state index in [1.807, 2.05) is 30.3 Å². The molecule has 0 radical (unpaired) electrons. The first-order valence-corrected chi connectivity index (χ1v) is 9.58. The Balaban J connectivity index is 1.67. The van der Waals surface area contributed by atoms with Crippen LogP contribution in [0.3, 0.4) is 0 Å². The molecule has 0 aliphatic rings. The van der Waals surface area contributed by atoms with E-state index in [-0.39, 0.29) is 5.91 Å². The van der Waals surface area contributed by atoms with E-state index in [4.69, 9.17) is 16.3 Å². The molecule has 0 aliphatic heterocycles. The van der Waals surface area contributed by atoms with Crippen molar-refractivity contribution in [3.05, 3.63) is 63.5 Å². The maximum Gasteiger partial charge on any atom is 0.270 e. The third-order valence-electron chi connectivity index (χ3n) is 3.83. The topological polar surface area (TPSA) is 55.6 Å². The van der Waals surface area contributed by atoms with Gasteiger partial charge in [-0.2, -0.15) is 0 Å². The van der Waals surface area contributed by atoms with Gasteiger partial charge in [0.05, 0.1) is 17.3 Å². The second kappa shape index (κ2) is 8.56. The summed E-state index contributed by atoms with van der Waals surface area (Å²) in [5.41, 5.74) is 2.03.